The number of morpholine rings is 1. The summed E-state index contributed by atoms with van der Waals surface area (Å²) in [5.74, 6) is 0.786. The summed E-state index contributed by atoms with van der Waals surface area (Å²) in [6, 6.07) is 11.1. The third kappa shape index (κ3) is 5.36. The highest BCUT2D eigenvalue weighted by Crippen LogP contribution is 2.25. The lowest BCUT2D eigenvalue weighted by atomic mass is 10.1. The van der Waals surface area contributed by atoms with E-state index in [2.05, 4.69) is 27.1 Å². The average Bonchev–Trinajstić information content (AvgIpc) is 2.78. The second-order valence-corrected chi connectivity index (χ2v) is 7.97. The van der Waals surface area contributed by atoms with Gasteiger partial charge in [0, 0.05) is 44.3 Å². The van der Waals surface area contributed by atoms with Crippen LogP contribution in [0.4, 0.5) is 5.69 Å². The molecule has 1 amide bonds. The lowest BCUT2D eigenvalue weighted by Gasteiger charge is -2.33. The number of ether oxygens (including phenoxy) is 2. The van der Waals surface area contributed by atoms with Crippen molar-refractivity contribution < 1.29 is 14.3 Å². The zero-order valence-corrected chi connectivity index (χ0v) is 17.5. The standard InChI is InChI=1S/C23H30N4O3/c1-26-11-8-21(9-12-26)30-20-6-4-19(5-7-20)25-23(28)22(18-3-2-10-24-17-18)27-13-15-29-16-14-27/h2-7,10,17,21-22H,8-9,11-16H2,1H3,(H,25,28). The van der Waals surface area contributed by atoms with Crippen molar-refractivity contribution in [3.05, 3.63) is 54.4 Å². The number of nitrogens with zero attached hydrogens (tertiary/aromatic N) is 3. The van der Waals surface area contributed by atoms with E-state index < -0.39 is 6.04 Å². The highest BCUT2D eigenvalue weighted by Gasteiger charge is 2.29. The lowest BCUT2D eigenvalue weighted by molar-refractivity contribution is -0.123. The molecule has 2 aliphatic heterocycles. The van der Waals surface area contributed by atoms with Crippen LogP contribution >= 0.6 is 0 Å². The number of hydrogen-bond donors (Lipinski definition) is 1. The van der Waals surface area contributed by atoms with Crippen molar-refractivity contribution in [1.29, 1.82) is 0 Å². The summed E-state index contributed by atoms with van der Waals surface area (Å²) < 4.78 is 11.6. The summed E-state index contributed by atoms with van der Waals surface area (Å²) in [7, 11) is 2.14. The van der Waals surface area contributed by atoms with E-state index in [1.54, 1.807) is 12.4 Å². The maximum atomic E-state index is 13.2. The molecule has 160 valence electrons. The number of carbonyl (C=O) groups is 1. The molecule has 1 N–H and O–H groups in total. The largest absolute Gasteiger partial charge is 0.490 e. The zero-order valence-electron chi connectivity index (χ0n) is 17.5. The van der Waals surface area contributed by atoms with Gasteiger partial charge in [-0.1, -0.05) is 6.07 Å². The summed E-state index contributed by atoms with van der Waals surface area (Å²) in [5.41, 5.74) is 1.65. The molecule has 30 heavy (non-hydrogen) atoms. The summed E-state index contributed by atoms with van der Waals surface area (Å²) in [5, 5.41) is 3.06. The summed E-state index contributed by atoms with van der Waals surface area (Å²) >= 11 is 0. The van der Waals surface area contributed by atoms with Gasteiger partial charge >= 0.3 is 0 Å². The van der Waals surface area contributed by atoms with E-state index >= 15 is 0 Å². The molecule has 1 unspecified atom stereocenters. The number of piperidine rings is 1. The van der Waals surface area contributed by atoms with Crippen molar-refractivity contribution >= 4 is 11.6 Å². The first kappa shape index (κ1) is 20.8. The van der Waals surface area contributed by atoms with Gasteiger partial charge in [-0.25, -0.2) is 0 Å². The molecular formula is C23H30N4O3. The van der Waals surface area contributed by atoms with Crippen molar-refractivity contribution in [2.45, 2.75) is 25.0 Å². The Morgan fingerprint density at radius 2 is 1.87 bits per heavy atom. The number of aromatic nitrogens is 1. The molecule has 2 saturated heterocycles. The van der Waals surface area contributed by atoms with Crippen LogP contribution in [-0.2, 0) is 9.53 Å². The van der Waals surface area contributed by atoms with Crippen molar-refractivity contribution in [3.8, 4) is 5.75 Å². The SMILES string of the molecule is CN1CCC(Oc2ccc(NC(=O)C(c3cccnc3)N3CCOCC3)cc2)CC1. The topological polar surface area (TPSA) is 66.9 Å². The number of pyridine rings is 1. The van der Waals surface area contributed by atoms with Crippen LogP contribution in [0.15, 0.2) is 48.8 Å². The van der Waals surface area contributed by atoms with Gasteiger partial charge < -0.3 is 19.7 Å². The number of amides is 1. The minimum Gasteiger partial charge on any atom is -0.490 e. The van der Waals surface area contributed by atoms with Crippen LogP contribution < -0.4 is 10.1 Å². The minimum atomic E-state index is -0.391. The molecule has 1 aromatic heterocycles. The third-order valence-electron chi connectivity index (χ3n) is 5.75. The lowest BCUT2D eigenvalue weighted by Crippen LogP contribution is -2.43. The number of anilines is 1. The van der Waals surface area contributed by atoms with Gasteiger partial charge in [-0.3, -0.25) is 14.7 Å². The number of likely N-dealkylation sites (tertiary alicyclic amines) is 1. The van der Waals surface area contributed by atoms with E-state index in [-0.39, 0.29) is 12.0 Å². The van der Waals surface area contributed by atoms with Crippen LogP contribution in [0.1, 0.15) is 24.4 Å². The van der Waals surface area contributed by atoms with Gasteiger partial charge in [0.2, 0.25) is 5.91 Å². The molecule has 0 saturated carbocycles. The van der Waals surface area contributed by atoms with Crippen LogP contribution in [0.2, 0.25) is 0 Å². The van der Waals surface area contributed by atoms with Crippen molar-refractivity contribution in [2.75, 3.05) is 51.8 Å². The van der Waals surface area contributed by atoms with Crippen molar-refractivity contribution in [2.24, 2.45) is 0 Å². The van der Waals surface area contributed by atoms with Crippen LogP contribution in [0.5, 0.6) is 5.75 Å². The van der Waals surface area contributed by atoms with Gasteiger partial charge in [-0.05, 0) is 55.8 Å². The summed E-state index contributed by atoms with van der Waals surface area (Å²) in [6.07, 6.45) is 5.83. The van der Waals surface area contributed by atoms with Gasteiger partial charge in [0.15, 0.2) is 0 Å². The number of nitrogens with one attached hydrogen (secondary N) is 1. The van der Waals surface area contributed by atoms with E-state index in [4.69, 9.17) is 9.47 Å². The van der Waals surface area contributed by atoms with E-state index in [0.717, 1.165) is 56.0 Å². The Kier molecular flexibility index (Phi) is 6.94. The molecule has 0 bridgehead atoms. The zero-order chi connectivity index (χ0) is 20.8. The molecule has 0 aliphatic carbocycles. The van der Waals surface area contributed by atoms with E-state index in [0.29, 0.717) is 13.2 Å². The van der Waals surface area contributed by atoms with Gasteiger partial charge in [-0.15, -0.1) is 0 Å². The molecule has 0 radical (unpaired) electrons. The van der Waals surface area contributed by atoms with Crippen LogP contribution in [0.25, 0.3) is 0 Å². The Labute approximate surface area is 178 Å². The summed E-state index contributed by atoms with van der Waals surface area (Å²) in [6.45, 7) is 4.83. The Morgan fingerprint density at radius 3 is 2.53 bits per heavy atom. The molecule has 1 atom stereocenters. The Hall–Kier alpha value is -2.48. The molecule has 3 heterocycles. The molecule has 7 heteroatoms. The quantitative estimate of drug-likeness (QED) is 0.790. The molecule has 2 aliphatic rings. The van der Waals surface area contributed by atoms with Crippen LogP contribution in [0, 0.1) is 0 Å². The Bertz CT molecular complexity index is 801. The maximum Gasteiger partial charge on any atom is 0.246 e. The van der Waals surface area contributed by atoms with Crippen LogP contribution in [-0.4, -0.2) is 73.2 Å². The fraction of sp³-hybridized carbons (Fsp3) is 0.478. The maximum absolute atomic E-state index is 13.2. The summed E-state index contributed by atoms with van der Waals surface area (Å²) in [4.78, 5) is 21.9. The molecular weight excluding hydrogens is 380 g/mol. The van der Waals surface area contributed by atoms with Crippen molar-refractivity contribution in [3.63, 3.8) is 0 Å². The van der Waals surface area contributed by atoms with E-state index in [1.807, 2.05) is 36.4 Å². The second kappa shape index (κ2) is 10.0. The molecule has 4 rings (SSSR count). The number of benzene rings is 1. The predicted octanol–water partition coefficient (Wildman–Crippen LogP) is 2.57. The van der Waals surface area contributed by atoms with Gasteiger partial charge in [0.1, 0.15) is 17.9 Å². The molecule has 1 aromatic carbocycles. The second-order valence-electron chi connectivity index (χ2n) is 7.97. The first-order valence-corrected chi connectivity index (χ1v) is 10.7. The fourth-order valence-corrected chi connectivity index (χ4v) is 4.02. The molecule has 2 aromatic rings. The number of carbonyl (C=O) groups excluding carboxylic acids is 1. The molecule has 2 fully saturated rings. The Balaban J connectivity index is 1.40. The van der Waals surface area contributed by atoms with E-state index in [1.165, 1.54) is 0 Å². The smallest absolute Gasteiger partial charge is 0.246 e. The molecule has 0 spiro atoms. The number of rotatable bonds is 6. The first-order valence-electron chi connectivity index (χ1n) is 10.7. The van der Waals surface area contributed by atoms with Gasteiger partial charge in [0.05, 0.1) is 13.2 Å². The van der Waals surface area contributed by atoms with Gasteiger partial charge in [-0.2, -0.15) is 0 Å². The average molecular weight is 411 g/mol. The molecule has 7 nitrogen and oxygen atoms in total. The predicted molar refractivity (Wildman–Crippen MR) is 116 cm³/mol. The highest BCUT2D eigenvalue weighted by atomic mass is 16.5. The highest BCUT2D eigenvalue weighted by molar-refractivity contribution is 5.95. The van der Waals surface area contributed by atoms with Crippen LogP contribution in [0.3, 0.4) is 0 Å². The number of hydrogen-bond acceptors (Lipinski definition) is 6. The minimum absolute atomic E-state index is 0.0612. The van der Waals surface area contributed by atoms with Crippen molar-refractivity contribution in [1.82, 2.24) is 14.8 Å². The van der Waals surface area contributed by atoms with E-state index in [9.17, 15) is 4.79 Å². The Morgan fingerprint density at radius 1 is 1.13 bits per heavy atom. The monoisotopic (exact) mass is 410 g/mol. The normalized spacial score (nSPS) is 19.9. The fourth-order valence-electron chi connectivity index (χ4n) is 4.02. The first-order chi connectivity index (χ1) is 14.7. The third-order valence-corrected chi connectivity index (χ3v) is 5.75. The van der Waals surface area contributed by atoms with Gasteiger partial charge in [0.25, 0.3) is 0 Å².